The van der Waals surface area contributed by atoms with Gasteiger partial charge >= 0.3 is 5.16 Å². The van der Waals surface area contributed by atoms with Gasteiger partial charge in [0.25, 0.3) is 5.91 Å². The minimum atomic E-state index is -0.272. The van der Waals surface area contributed by atoms with E-state index in [0.717, 1.165) is 21.8 Å². The Kier molecular flexibility index (Phi) is 6.63. The average Bonchev–Trinajstić information content (AvgIpc) is 3.14. The second-order valence-corrected chi connectivity index (χ2v) is 8.39. The lowest BCUT2D eigenvalue weighted by Gasteiger charge is -2.03. The van der Waals surface area contributed by atoms with Crippen molar-refractivity contribution in [2.75, 3.05) is 5.75 Å². The number of aromatic hydroxyl groups is 2. The van der Waals surface area contributed by atoms with Gasteiger partial charge in [0, 0.05) is 5.02 Å². The number of amides is 1. The summed E-state index contributed by atoms with van der Waals surface area (Å²) in [4.78, 5) is 15.7. The lowest BCUT2D eigenvalue weighted by Crippen LogP contribution is -2.36. The molecule has 0 saturated carbocycles. The summed E-state index contributed by atoms with van der Waals surface area (Å²) in [5, 5.41) is 24.3. The number of phenols is 2. The SMILES string of the molecule is O=C(CSc1[nH]c2ccccc2[n+]1Cc1ccc(Cl)cc1)N/N=C/c1ccc(O)c(O)c1. The summed E-state index contributed by atoms with van der Waals surface area (Å²) in [6, 6.07) is 19.9. The Bertz CT molecular complexity index is 1290. The van der Waals surface area contributed by atoms with Crippen molar-refractivity contribution in [3.8, 4) is 11.5 Å². The van der Waals surface area contributed by atoms with Crippen LogP contribution in [0.3, 0.4) is 0 Å². The predicted molar refractivity (Wildman–Crippen MR) is 125 cm³/mol. The van der Waals surface area contributed by atoms with Crippen LogP contribution >= 0.6 is 23.4 Å². The Morgan fingerprint density at radius 3 is 2.66 bits per heavy atom. The van der Waals surface area contributed by atoms with Crippen molar-refractivity contribution in [1.29, 1.82) is 0 Å². The van der Waals surface area contributed by atoms with Gasteiger partial charge in [0.05, 0.1) is 12.0 Å². The van der Waals surface area contributed by atoms with Gasteiger partial charge in [-0.1, -0.05) is 35.9 Å². The average molecular weight is 468 g/mol. The van der Waals surface area contributed by atoms with Crippen LogP contribution < -0.4 is 9.99 Å². The fourth-order valence-corrected chi connectivity index (χ4v) is 4.08. The summed E-state index contributed by atoms with van der Waals surface area (Å²) in [6.45, 7) is 0.633. The Labute approximate surface area is 193 Å². The third-order valence-electron chi connectivity index (χ3n) is 4.68. The van der Waals surface area contributed by atoms with E-state index in [9.17, 15) is 15.0 Å². The second kappa shape index (κ2) is 9.76. The Balaban J connectivity index is 1.44. The number of aromatic amines is 1. The number of hydrazone groups is 1. The maximum atomic E-state index is 12.3. The van der Waals surface area contributed by atoms with E-state index in [2.05, 4.69) is 20.1 Å². The molecule has 7 nitrogen and oxygen atoms in total. The van der Waals surface area contributed by atoms with Crippen molar-refractivity contribution < 1.29 is 19.6 Å². The molecule has 4 N–H and O–H groups in total. The monoisotopic (exact) mass is 467 g/mol. The standard InChI is InChI=1S/C23H19ClN4O3S/c24-17-8-5-15(6-9-17)13-28-19-4-2-1-3-18(19)26-23(28)32-14-22(31)27-25-12-16-7-10-20(29)21(30)11-16/h1-12H,13-14H2,(H3,25,27,29,30,31)/p+1. The maximum absolute atomic E-state index is 12.3. The number of nitrogens with one attached hydrogen (secondary N) is 2. The molecule has 1 aromatic heterocycles. The van der Waals surface area contributed by atoms with E-state index in [4.69, 9.17) is 11.6 Å². The fourth-order valence-electron chi connectivity index (χ4n) is 3.12. The highest BCUT2D eigenvalue weighted by Gasteiger charge is 2.20. The van der Waals surface area contributed by atoms with E-state index in [1.54, 1.807) is 6.07 Å². The molecule has 0 unspecified atom stereocenters. The third kappa shape index (κ3) is 5.22. The number of phenolic OH excluding ortho intramolecular Hbond substituents is 2. The first-order chi connectivity index (χ1) is 15.5. The Morgan fingerprint density at radius 1 is 1.09 bits per heavy atom. The minimum Gasteiger partial charge on any atom is -0.504 e. The molecule has 4 aromatic rings. The predicted octanol–water partition coefficient (Wildman–Crippen LogP) is 3.81. The number of fused-ring (bicyclic) bond motifs is 1. The first-order valence-electron chi connectivity index (χ1n) is 9.71. The molecule has 32 heavy (non-hydrogen) atoms. The smallest absolute Gasteiger partial charge is 0.317 e. The topological polar surface area (TPSA) is 102 Å². The number of para-hydroxylation sites is 2. The zero-order valence-corrected chi connectivity index (χ0v) is 18.4. The van der Waals surface area contributed by atoms with Gasteiger partial charge in [-0.25, -0.2) is 15.0 Å². The van der Waals surface area contributed by atoms with Gasteiger partial charge in [-0.3, -0.25) is 4.79 Å². The van der Waals surface area contributed by atoms with Crippen molar-refractivity contribution in [3.63, 3.8) is 0 Å². The molecule has 0 radical (unpaired) electrons. The van der Waals surface area contributed by atoms with Crippen LogP contribution in [0.4, 0.5) is 0 Å². The molecule has 3 aromatic carbocycles. The molecule has 0 aliphatic carbocycles. The van der Waals surface area contributed by atoms with Crippen molar-refractivity contribution in [2.24, 2.45) is 5.10 Å². The molecular formula is C23H20ClN4O3S+. The molecule has 0 saturated heterocycles. The van der Waals surface area contributed by atoms with Gasteiger partial charge < -0.3 is 10.2 Å². The summed E-state index contributed by atoms with van der Waals surface area (Å²) in [7, 11) is 0. The summed E-state index contributed by atoms with van der Waals surface area (Å²) >= 11 is 7.38. The molecule has 162 valence electrons. The molecule has 1 amide bonds. The molecule has 0 atom stereocenters. The molecule has 0 spiro atoms. The Morgan fingerprint density at radius 2 is 1.88 bits per heavy atom. The van der Waals surface area contributed by atoms with E-state index >= 15 is 0 Å². The first kappa shape index (κ1) is 21.7. The molecule has 0 bridgehead atoms. The van der Waals surface area contributed by atoms with Crippen LogP contribution in [0.25, 0.3) is 11.0 Å². The second-order valence-electron chi connectivity index (χ2n) is 6.99. The maximum Gasteiger partial charge on any atom is 0.317 e. The van der Waals surface area contributed by atoms with E-state index in [1.807, 2.05) is 48.5 Å². The molecule has 0 aliphatic heterocycles. The van der Waals surface area contributed by atoms with Crippen LogP contribution in [0.2, 0.25) is 5.02 Å². The zero-order valence-electron chi connectivity index (χ0n) is 16.8. The van der Waals surface area contributed by atoms with Crippen LogP contribution in [0.15, 0.2) is 77.0 Å². The largest absolute Gasteiger partial charge is 0.504 e. The van der Waals surface area contributed by atoms with E-state index in [1.165, 1.54) is 30.1 Å². The van der Waals surface area contributed by atoms with Gasteiger partial charge in [-0.2, -0.15) is 5.10 Å². The summed E-state index contributed by atoms with van der Waals surface area (Å²) in [5.74, 6) is -0.579. The number of rotatable bonds is 7. The van der Waals surface area contributed by atoms with Crippen LogP contribution in [-0.4, -0.2) is 33.1 Å². The lowest BCUT2D eigenvalue weighted by molar-refractivity contribution is -0.700. The number of benzene rings is 3. The third-order valence-corrected chi connectivity index (χ3v) is 5.93. The fraction of sp³-hybridized carbons (Fsp3) is 0.0870. The zero-order chi connectivity index (χ0) is 22.5. The number of hydrogen-bond acceptors (Lipinski definition) is 5. The number of hydrogen-bond donors (Lipinski definition) is 4. The summed E-state index contributed by atoms with van der Waals surface area (Å²) in [6.07, 6.45) is 1.39. The van der Waals surface area contributed by atoms with Crippen LogP contribution in [0, 0.1) is 0 Å². The Hall–Kier alpha value is -3.49. The highest BCUT2D eigenvalue weighted by Crippen LogP contribution is 2.24. The summed E-state index contributed by atoms with van der Waals surface area (Å²) in [5.41, 5.74) is 6.13. The lowest BCUT2D eigenvalue weighted by atomic mass is 10.2. The first-order valence-corrected chi connectivity index (χ1v) is 11.1. The number of thioether (sulfide) groups is 1. The number of carbonyl (C=O) groups excluding carboxylic acids is 1. The van der Waals surface area contributed by atoms with Crippen LogP contribution in [-0.2, 0) is 11.3 Å². The van der Waals surface area contributed by atoms with Crippen molar-refractivity contribution in [3.05, 3.63) is 82.9 Å². The number of H-pyrrole nitrogens is 1. The summed E-state index contributed by atoms with van der Waals surface area (Å²) < 4.78 is 2.12. The van der Waals surface area contributed by atoms with E-state index in [0.29, 0.717) is 17.1 Å². The number of aromatic nitrogens is 2. The van der Waals surface area contributed by atoms with Gasteiger partial charge in [-0.15, -0.1) is 0 Å². The normalized spacial score (nSPS) is 11.3. The highest BCUT2D eigenvalue weighted by molar-refractivity contribution is 7.99. The number of nitrogens with zero attached hydrogens (tertiary/aromatic N) is 2. The van der Waals surface area contributed by atoms with Crippen LogP contribution in [0.5, 0.6) is 11.5 Å². The quantitative estimate of drug-likeness (QED) is 0.109. The number of halogens is 1. The van der Waals surface area contributed by atoms with E-state index < -0.39 is 0 Å². The van der Waals surface area contributed by atoms with Crippen molar-refractivity contribution in [2.45, 2.75) is 11.7 Å². The van der Waals surface area contributed by atoms with Crippen molar-refractivity contribution >= 4 is 46.5 Å². The molecule has 1 heterocycles. The van der Waals surface area contributed by atoms with Crippen molar-refractivity contribution in [1.82, 2.24) is 10.4 Å². The number of imidazole rings is 1. The molecular weight excluding hydrogens is 448 g/mol. The molecule has 0 aliphatic rings. The number of carbonyl (C=O) groups is 1. The molecule has 9 heteroatoms. The molecule has 0 fully saturated rings. The molecule has 4 rings (SSSR count). The minimum absolute atomic E-state index is 0.158. The van der Waals surface area contributed by atoms with Gasteiger partial charge in [0.1, 0.15) is 6.54 Å². The van der Waals surface area contributed by atoms with E-state index in [-0.39, 0.29) is 23.2 Å². The highest BCUT2D eigenvalue weighted by atomic mass is 35.5. The van der Waals surface area contributed by atoms with Crippen LogP contribution in [0.1, 0.15) is 11.1 Å². The van der Waals surface area contributed by atoms with Gasteiger partial charge in [-0.05, 0) is 65.4 Å². The van der Waals surface area contributed by atoms with Gasteiger partial charge in [0.15, 0.2) is 22.5 Å². The van der Waals surface area contributed by atoms with Gasteiger partial charge in [0.2, 0.25) is 0 Å².